The molecule has 164 valence electrons. The Hall–Kier alpha value is -3.07. The van der Waals surface area contributed by atoms with Crippen LogP contribution in [0.5, 0.6) is 5.75 Å². The van der Waals surface area contributed by atoms with E-state index in [9.17, 15) is 4.79 Å². The van der Waals surface area contributed by atoms with Crippen LogP contribution in [-0.2, 0) is 9.53 Å². The third kappa shape index (κ3) is 3.74. The monoisotopic (exact) mass is 424 g/mol. The molecule has 2 bridgehead atoms. The van der Waals surface area contributed by atoms with Crippen molar-refractivity contribution in [1.29, 1.82) is 0 Å². The molecule has 1 N–H and O–H groups in total. The summed E-state index contributed by atoms with van der Waals surface area (Å²) >= 11 is 0. The Labute approximate surface area is 182 Å². The number of carbonyl (C=O) groups is 1. The molecule has 0 radical (unpaired) electrons. The lowest BCUT2D eigenvalue weighted by atomic mass is 9.98. The lowest BCUT2D eigenvalue weighted by molar-refractivity contribution is -0.122. The topological polar surface area (TPSA) is 83.1 Å². The number of nitrogens with zero attached hydrogens (tertiary/aromatic N) is 5. The molecule has 31 heavy (non-hydrogen) atoms. The second kappa shape index (κ2) is 8.22. The Kier molecular flexibility index (Phi) is 5.27. The van der Waals surface area contributed by atoms with E-state index < -0.39 is 0 Å². The zero-order valence-electron chi connectivity index (χ0n) is 18.0. The number of rotatable bonds is 4. The molecule has 1 aromatic carbocycles. The minimum absolute atomic E-state index is 0.0252. The van der Waals surface area contributed by atoms with Gasteiger partial charge in [0, 0.05) is 45.0 Å². The van der Waals surface area contributed by atoms with Crippen LogP contribution in [0.3, 0.4) is 0 Å². The van der Waals surface area contributed by atoms with Gasteiger partial charge in [-0.1, -0.05) is 0 Å². The summed E-state index contributed by atoms with van der Waals surface area (Å²) in [5.41, 5.74) is 2.66. The molecular weight excluding hydrogens is 396 g/mol. The number of morpholine rings is 1. The van der Waals surface area contributed by atoms with Crippen molar-refractivity contribution < 1.29 is 14.3 Å². The fraction of sp³-hybridized carbons (Fsp3) is 0.500. The molecule has 9 nitrogen and oxygen atoms in total. The van der Waals surface area contributed by atoms with E-state index in [1.807, 2.05) is 19.2 Å². The van der Waals surface area contributed by atoms with Crippen molar-refractivity contribution in [2.45, 2.75) is 12.8 Å². The summed E-state index contributed by atoms with van der Waals surface area (Å²) in [6.45, 7) is 4.82. The first-order valence-electron chi connectivity index (χ1n) is 10.8. The molecule has 4 heterocycles. The van der Waals surface area contributed by atoms with Crippen LogP contribution in [0, 0.1) is 5.92 Å². The first-order chi connectivity index (χ1) is 15.1. The van der Waals surface area contributed by atoms with Gasteiger partial charge in [-0.25, -0.2) is 4.98 Å². The number of amides is 1. The average Bonchev–Trinajstić information content (AvgIpc) is 2.89. The average molecular weight is 425 g/mol. The van der Waals surface area contributed by atoms with Gasteiger partial charge in [-0.15, -0.1) is 0 Å². The van der Waals surface area contributed by atoms with Gasteiger partial charge in [-0.2, -0.15) is 4.98 Å². The van der Waals surface area contributed by atoms with Crippen LogP contribution in [0.1, 0.15) is 12.8 Å². The molecule has 1 aromatic heterocycles. The van der Waals surface area contributed by atoms with E-state index in [1.165, 1.54) is 0 Å². The largest absolute Gasteiger partial charge is 0.494 e. The van der Waals surface area contributed by atoms with E-state index in [0.717, 1.165) is 74.3 Å². The highest BCUT2D eigenvalue weighted by Crippen LogP contribution is 2.37. The Morgan fingerprint density at radius 2 is 2.03 bits per heavy atom. The first-order valence-corrected chi connectivity index (χ1v) is 10.8. The van der Waals surface area contributed by atoms with Crippen LogP contribution in [0.15, 0.2) is 24.4 Å². The molecule has 0 spiro atoms. The minimum atomic E-state index is 0.0252. The molecule has 5 rings (SSSR count). The summed E-state index contributed by atoms with van der Waals surface area (Å²) in [7, 11) is 3.47. The third-order valence-corrected chi connectivity index (χ3v) is 6.32. The van der Waals surface area contributed by atoms with E-state index in [2.05, 4.69) is 26.2 Å². The van der Waals surface area contributed by atoms with Crippen LogP contribution in [0.2, 0.25) is 0 Å². The molecule has 2 aromatic rings. The van der Waals surface area contributed by atoms with Crippen molar-refractivity contribution in [3.05, 3.63) is 24.4 Å². The van der Waals surface area contributed by atoms with Gasteiger partial charge in [0.2, 0.25) is 11.9 Å². The standard InChI is InChI=1S/C22H28N6O3/c1-26-18-13-23-22(25-20(18)28-7-3-4-15(14-28)21(26)29)24-17-6-5-16(12-19(17)30-2)27-8-10-31-11-9-27/h5-6,12-13,15H,3-4,7-11,14H2,1-2H3,(H,23,24,25). The minimum Gasteiger partial charge on any atom is -0.494 e. The predicted octanol–water partition coefficient (Wildman–Crippen LogP) is 2.26. The lowest BCUT2D eigenvalue weighted by Gasteiger charge is -2.30. The molecular formula is C22H28N6O3. The van der Waals surface area contributed by atoms with Gasteiger partial charge in [-0.3, -0.25) is 4.79 Å². The molecule has 0 aliphatic carbocycles. The summed E-state index contributed by atoms with van der Waals surface area (Å²) < 4.78 is 11.1. The third-order valence-electron chi connectivity index (χ3n) is 6.32. The molecule has 1 amide bonds. The van der Waals surface area contributed by atoms with Gasteiger partial charge >= 0.3 is 0 Å². The van der Waals surface area contributed by atoms with Crippen molar-refractivity contribution in [3.8, 4) is 5.75 Å². The smallest absolute Gasteiger partial charge is 0.231 e. The Balaban J connectivity index is 1.42. The van der Waals surface area contributed by atoms with Crippen molar-refractivity contribution in [3.63, 3.8) is 0 Å². The Bertz CT molecular complexity index is 978. The number of carbonyl (C=O) groups excluding carboxylic acids is 1. The van der Waals surface area contributed by atoms with Gasteiger partial charge in [0.05, 0.1) is 38.1 Å². The number of hydrogen-bond acceptors (Lipinski definition) is 8. The Morgan fingerprint density at radius 1 is 1.19 bits per heavy atom. The highest BCUT2D eigenvalue weighted by Gasteiger charge is 2.35. The normalized spacial score (nSPS) is 20.9. The lowest BCUT2D eigenvalue weighted by Crippen LogP contribution is -2.40. The SMILES string of the molecule is COc1cc(N2CCOCC2)ccc1Nc1ncc2c(n1)N1CCCC(C1)C(=O)N2C. The van der Waals surface area contributed by atoms with Crippen LogP contribution < -0.4 is 24.8 Å². The van der Waals surface area contributed by atoms with Gasteiger partial charge in [0.15, 0.2) is 5.82 Å². The van der Waals surface area contributed by atoms with E-state index in [1.54, 1.807) is 18.2 Å². The fourth-order valence-corrected chi connectivity index (χ4v) is 4.58. The molecule has 1 unspecified atom stereocenters. The summed E-state index contributed by atoms with van der Waals surface area (Å²) in [4.78, 5) is 28.2. The molecule has 2 saturated heterocycles. The van der Waals surface area contributed by atoms with Gasteiger partial charge in [-0.05, 0) is 25.0 Å². The quantitative estimate of drug-likeness (QED) is 0.800. The summed E-state index contributed by atoms with van der Waals surface area (Å²) in [6, 6.07) is 6.09. The maximum absolute atomic E-state index is 12.7. The molecule has 3 aliphatic rings. The molecule has 0 saturated carbocycles. The van der Waals surface area contributed by atoms with E-state index in [-0.39, 0.29) is 11.8 Å². The van der Waals surface area contributed by atoms with Crippen molar-refractivity contribution in [2.75, 3.05) is 73.6 Å². The first kappa shape index (κ1) is 19.9. The van der Waals surface area contributed by atoms with E-state index in [0.29, 0.717) is 12.5 Å². The maximum atomic E-state index is 12.7. The number of anilines is 5. The number of piperidine rings is 1. The van der Waals surface area contributed by atoms with Crippen LogP contribution in [-0.4, -0.2) is 69.4 Å². The van der Waals surface area contributed by atoms with Crippen molar-refractivity contribution >= 4 is 34.7 Å². The van der Waals surface area contributed by atoms with Crippen LogP contribution in [0.25, 0.3) is 0 Å². The van der Waals surface area contributed by atoms with Gasteiger partial charge in [0.25, 0.3) is 0 Å². The second-order valence-corrected chi connectivity index (χ2v) is 8.19. The zero-order valence-corrected chi connectivity index (χ0v) is 18.0. The zero-order chi connectivity index (χ0) is 21.4. The van der Waals surface area contributed by atoms with Crippen LogP contribution in [0.4, 0.5) is 28.8 Å². The molecule has 3 aliphatic heterocycles. The highest BCUT2D eigenvalue weighted by molar-refractivity contribution is 5.99. The number of fused-ring (bicyclic) bond motifs is 4. The second-order valence-electron chi connectivity index (χ2n) is 8.19. The molecule has 2 fully saturated rings. The number of ether oxygens (including phenoxy) is 2. The Morgan fingerprint density at radius 3 is 2.84 bits per heavy atom. The summed E-state index contributed by atoms with van der Waals surface area (Å²) in [5, 5.41) is 3.30. The number of methoxy groups -OCH3 is 1. The van der Waals surface area contributed by atoms with Gasteiger partial charge < -0.3 is 29.5 Å². The fourth-order valence-electron chi connectivity index (χ4n) is 4.58. The van der Waals surface area contributed by atoms with Gasteiger partial charge in [0.1, 0.15) is 11.4 Å². The van der Waals surface area contributed by atoms with Crippen molar-refractivity contribution in [1.82, 2.24) is 9.97 Å². The summed E-state index contributed by atoms with van der Waals surface area (Å²) in [6.07, 6.45) is 3.66. The molecule has 1 atom stereocenters. The number of benzene rings is 1. The predicted molar refractivity (Wildman–Crippen MR) is 120 cm³/mol. The van der Waals surface area contributed by atoms with E-state index >= 15 is 0 Å². The number of hydrogen-bond donors (Lipinski definition) is 1. The maximum Gasteiger partial charge on any atom is 0.231 e. The highest BCUT2D eigenvalue weighted by atomic mass is 16.5. The number of aromatic nitrogens is 2. The van der Waals surface area contributed by atoms with Crippen molar-refractivity contribution in [2.24, 2.45) is 5.92 Å². The number of nitrogens with one attached hydrogen (secondary N) is 1. The van der Waals surface area contributed by atoms with E-state index in [4.69, 9.17) is 14.5 Å². The van der Waals surface area contributed by atoms with Crippen LogP contribution >= 0.6 is 0 Å². The summed E-state index contributed by atoms with van der Waals surface area (Å²) in [5.74, 6) is 2.19. The molecule has 9 heteroatoms.